The van der Waals surface area contributed by atoms with E-state index in [1.165, 1.54) is 0 Å². The number of hydrogen-bond donors (Lipinski definition) is 6. The number of nitro benzene ring substituents is 4. The molecule has 20 nitrogen and oxygen atoms in total. The summed E-state index contributed by atoms with van der Waals surface area (Å²) in [5.41, 5.74) is 7.71. The highest BCUT2D eigenvalue weighted by Gasteiger charge is 2.21. The summed E-state index contributed by atoms with van der Waals surface area (Å²) in [4.78, 5) is 65.0. The lowest BCUT2D eigenvalue weighted by Gasteiger charge is -2.12. The van der Waals surface area contributed by atoms with Crippen molar-refractivity contribution in [2.45, 2.75) is 13.1 Å². The number of non-ortho nitro benzene ring substituents is 2. The Hall–Kier alpha value is -6.60. The normalized spacial score (nSPS) is 10.1. The van der Waals surface area contributed by atoms with Gasteiger partial charge in [-0.05, 0) is 23.3 Å². The summed E-state index contributed by atoms with van der Waals surface area (Å²) in [6.45, 7) is 0.0303. The fourth-order valence-corrected chi connectivity index (χ4v) is 3.33. The Morgan fingerprint density at radius 2 is 0.976 bits per heavy atom. The molecule has 0 saturated heterocycles. The van der Waals surface area contributed by atoms with Gasteiger partial charge in [-0.25, -0.2) is 9.59 Å². The van der Waals surface area contributed by atoms with Crippen LogP contribution in [0.2, 0.25) is 0 Å². The Kier molecular flexibility index (Phi) is 9.60. The molecule has 0 heterocycles. The van der Waals surface area contributed by atoms with Crippen molar-refractivity contribution < 1.29 is 29.3 Å². The van der Waals surface area contributed by atoms with E-state index in [4.69, 9.17) is 0 Å². The molecule has 0 aromatic heterocycles. The zero-order valence-electron chi connectivity index (χ0n) is 21.1. The van der Waals surface area contributed by atoms with E-state index in [-0.39, 0.29) is 24.5 Å². The Morgan fingerprint density at radius 1 is 0.571 bits per heavy atom. The van der Waals surface area contributed by atoms with Crippen molar-refractivity contribution in [3.8, 4) is 0 Å². The van der Waals surface area contributed by atoms with Crippen molar-refractivity contribution in [3.05, 3.63) is 112 Å². The summed E-state index contributed by atoms with van der Waals surface area (Å²) in [6.07, 6.45) is 0. The SMILES string of the molecule is O=C(NCc1cccc(CNC(=O)NNc2ccc([N+](=O)[O-])cc2[N+](=O)[O-])c1)NNc1ccc([N+](=O)[O-])cc1[N+](=O)[O-]. The molecule has 3 aromatic rings. The first-order valence-corrected chi connectivity index (χ1v) is 11.5. The van der Waals surface area contributed by atoms with Crippen molar-refractivity contribution in [3.63, 3.8) is 0 Å². The number of anilines is 2. The molecule has 0 bridgehead atoms. The maximum absolute atomic E-state index is 12.1. The minimum absolute atomic E-state index is 0.0152. The minimum atomic E-state index is -0.843. The largest absolute Gasteiger partial charge is 0.333 e. The van der Waals surface area contributed by atoms with Crippen LogP contribution in [0.5, 0.6) is 0 Å². The van der Waals surface area contributed by atoms with Crippen LogP contribution in [0.1, 0.15) is 11.1 Å². The lowest BCUT2D eigenvalue weighted by molar-refractivity contribution is -0.393. The van der Waals surface area contributed by atoms with E-state index in [9.17, 15) is 50.0 Å². The number of nitro groups is 4. The highest BCUT2D eigenvalue weighted by molar-refractivity contribution is 5.78. The monoisotopic (exact) mass is 584 g/mol. The number of urea groups is 2. The number of hydrazine groups is 2. The molecule has 0 aliphatic rings. The first kappa shape index (κ1) is 29.9. The van der Waals surface area contributed by atoms with Gasteiger partial charge in [-0.1, -0.05) is 24.3 Å². The third-order valence-corrected chi connectivity index (χ3v) is 5.30. The molecule has 218 valence electrons. The topological polar surface area (TPSA) is 279 Å². The lowest BCUT2D eigenvalue weighted by atomic mass is 10.1. The third-order valence-electron chi connectivity index (χ3n) is 5.30. The maximum atomic E-state index is 12.1. The van der Waals surface area contributed by atoms with E-state index in [0.29, 0.717) is 11.1 Å². The zero-order valence-corrected chi connectivity index (χ0v) is 21.1. The van der Waals surface area contributed by atoms with Gasteiger partial charge in [-0.2, -0.15) is 0 Å². The Morgan fingerprint density at radius 3 is 1.33 bits per heavy atom. The molecule has 0 aliphatic heterocycles. The van der Waals surface area contributed by atoms with Crippen molar-refractivity contribution in [1.29, 1.82) is 0 Å². The number of benzene rings is 3. The molecule has 4 amide bonds. The van der Waals surface area contributed by atoms with E-state index < -0.39 is 54.5 Å². The lowest BCUT2D eigenvalue weighted by Crippen LogP contribution is -2.39. The average Bonchev–Trinajstić information content (AvgIpc) is 2.96. The Bertz CT molecular complexity index is 1450. The molecule has 0 unspecified atom stereocenters. The van der Waals surface area contributed by atoms with Gasteiger partial charge in [0.05, 0.1) is 31.8 Å². The van der Waals surface area contributed by atoms with Crippen LogP contribution in [0.3, 0.4) is 0 Å². The molecule has 3 aromatic carbocycles. The van der Waals surface area contributed by atoms with Crippen LogP contribution in [-0.2, 0) is 13.1 Å². The number of amides is 4. The highest BCUT2D eigenvalue weighted by atomic mass is 16.6. The first-order valence-electron chi connectivity index (χ1n) is 11.5. The van der Waals surface area contributed by atoms with Gasteiger partial charge in [0, 0.05) is 25.2 Å². The molecule has 0 fully saturated rings. The van der Waals surface area contributed by atoms with E-state index in [1.54, 1.807) is 24.3 Å². The van der Waals surface area contributed by atoms with Gasteiger partial charge in [0.1, 0.15) is 11.4 Å². The van der Waals surface area contributed by atoms with E-state index >= 15 is 0 Å². The molecule has 3 rings (SSSR count). The van der Waals surface area contributed by atoms with Gasteiger partial charge in [-0.15, -0.1) is 0 Å². The maximum Gasteiger partial charge on any atom is 0.333 e. The van der Waals surface area contributed by atoms with Crippen molar-refractivity contribution in [1.82, 2.24) is 21.5 Å². The Labute approximate surface area is 233 Å². The number of nitrogens with zero attached hydrogens (tertiary/aromatic N) is 4. The molecular weight excluding hydrogens is 564 g/mol. The summed E-state index contributed by atoms with van der Waals surface area (Å²) >= 11 is 0. The van der Waals surface area contributed by atoms with Crippen LogP contribution < -0.4 is 32.3 Å². The minimum Gasteiger partial charge on any atom is -0.333 e. The van der Waals surface area contributed by atoms with Crippen LogP contribution in [0.25, 0.3) is 0 Å². The van der Waals surface area contributed by atoms with Gasteiger partial charge in [-0.3, -0.25) is 62.2 Å². The van der Waals surface area contributed by atoms with Crippen LogP contribution in [0.15, 0.2) is 60.7 Å². The van der Waals surface area contributed by atoms with Crippen LogP contribution in [0.4, 0.5) is 43.7 Å². The molecular formula is C22H20N10O10. The predicted molar refractivity (Wildman–Crippen MR) is 144 cm³/mol. The first-order chi connectivity index (χ1) is 19.9. The highest BCUT2D eigenvalue weighted by Crippen LogP contribution is 2.29. The molecule has 0 spiro atoms. The second-order valence-electron chi connectivity index (χ2n) is 8.12. The summed E-state index contributed by atoms with van der Waals surface area (Å²) in [5, 5.41) is 49.0. The predicted octanol–water partition coefficient (Wildman–Crippen LogP) is 2.97. The second-order valence-corrected chi connectivity index (χ2v) is 8.12. The molecule has 0 aliphatic carbocycles. The average molecular weight is 584 g/mol. The van der Waals surface area contributed by atoms with E-state index in [0.717, 1.165) is 36.4 Å². The summed E-state index contributed by atoms with van der Waals surface area (Å²) < 4.78 is 0. The summed E-state index contributed by atoms with van der Waals surface area (Å²) in [7, 11) is 0. The smallest absolute Gasteiger partial charge is 0.333 e. The van der Waals surface area contributed by atoms with Crippen LogP contribution in [0, 0.1) is 40.5 Å². The fraction of sp³-hybridized carbons (Fsp3) is 0.0909. The number of nitrogens with one attached hydrogen (secondary N) is 6. The van der Waals surface area contributed by atoms with Gasteiger partial charge >= 0.3 is 23.4 Å². The molecule has 20 heteroatoms. The quantitative estimate of drug-likeness (QED) is 0.132. The number of carbonyl (C=O) groups excluding carboxylic acids is 2. The van der Waals surface area contributed by atoms with Crippen LogP contribution >= 0.6 is 0 Å². The number of rotatable bonds is 12. The summed E-state index contributed by atoms with van der Waals surface area (Å²) in [5.74, 6) is 0. The third kappa shape index (κ3) is 8.20. The van der Waals surface area contributed by atoms with E-state index in [1.807, 2.05) is 0 Å². The molecule has 0 saturated carbocycles. The standard InChI is InChI=1S/C22H20N10O10/c33-21(27-25-17-6-4-15(29(35)36)9-19(17)31(39)40)23-11-13-2-1-3-14(8-13)12-24-22(34)28-26-18-7-5-16(30(37)38)10-20(18)32(41)42/h1-10,25-26H,11-12H2,(H2,23,27,33)(H2,24,28,34). The molecule has 6 N–H and O–H groups in total. The van der Waals surface area contributed by atoms with Gasteiger partial charge in [0.15, 0.2) is 0 Å². The van der Waals surface area contributed by atoms with Gasteiger partial charge in [0.25, 0.3) is 11.4 Å². The van der Waals surface area contributed by atoms with Crippen molar-refractivity contribution in [2.75, 3.05) is 10.9 Å². The number of hydrogen-bond acceptors (Lipinski definition) is 12. The van der Waals surface area contributed by atoms with Crippen LogP contribution in [-0.4, -0.2) is 31.8 Å². The fourth-order valence-electron chi connectivity index (χ4n) is 3.33. The molecule has 42 heavy (non-hydrogen) atoms. The molecule has 0 atom stereocenters. The Balaban J connectivity index is 1.48. The number of carbonyl (C=O) groups is 2. The van der Waals surface area contributed by atoms with E-state index in [2.05, 4.69) is 32.3 Å². The van der Waals surface area contributed by atoms with Crippen molar-refractivity contribution >= 4 is 46.2 Å². The molecule has 0 radical (unpaired) electrons. The van der Waals surface area contributed by atoms with Crippen molar-refractivity contribution in [2.24, 2.45) is 0 Å². The second kappa shape index (κ2) is 13.5. The van der Waals surface area contributed by atoms with Gasteiger partial charge in [0.2, 0.25) is 0 Å². The zero-order chi connectivity index (χ0) is 30.8. The van der Waals surface area contributed by atoms with Gasteiger partial charge < -0.3 is 10.6 Å². The summed E-state index contributed by atoms with van der Waals surface area (Å²) in [6, 6.07) is 10.8.